The van der Waals surface area contributed by atoms with E-state index in [2.05, 4.69) is 5.32 Å². The van der Waals surface area contributed by atoms with Crippen LogP contribution in [0.15, 0.2) is 77.6 Å². The minimum Gasteiger partial charge on any atom is -0.508 e. The van der Waals surface area contributed by atoms with Crippen molar-refractivity contribution in [2.75, 3.05) is 13.7 Å². The lowest BCUT2D eigenvalue weighted by Crippen LogP contribution is -2.34. The van der Waals surface area contributed by atoms with Crippen molar-refractivity contribution >= 4 is 16.8 Å². The molecule has 6 heteroatoms. The Kier molecular flexibility index (Phi) is 6.76. The Morgan fingerprint density at radius 1 is 1.03 bits per heavy atom. The number of nitrogens with zero attached hydrogens (tertiary/aromatic N) is 1. The monoisotopic (exact) mass is 482 g/mol. The second-order valence-electron chi connectivity index (χ2n) is 9.44. The number of methoxy groups -OCH3 is 1. The third-order valence-electron chi connectivity index (χ3n) is 7.07. The minimum atomic E-state index is -0.350. The normalized spacial score (nSPS) is 14.5. The summed E-state index contributed by atoms with van der Waals surface area (Å²) in [5, 5.41) is 13.6. The van der Waals surface area contributed by atoms with Gasteiger partial charge in [-0.2, -0.15) is 0 Å². The fraction of sp³-hybridized carbons (Fsp3) is 0.267. The molecule has 1 atom stereocenters. The van der Waals surface area contributed by atoms with E-state index in [1.807, 2.05) is 60.7 Å². The summed E-state index contributed by atoms with van der Waals surface area (Å²) in [6.07, 6.45) is 3.31. The van der Waals surface area contributed by atoms with Crippen LogP contribution < -0.4 is 15.6 Å². The van der Waals surface area contributed by atoms with Gasteiger partial charge < -0.3 is 19.7 Å². The molecule has 0 saturated carbocycles. The quantitative estimate of drug-likeness (QED) is 0.388. The molecule has 4 aromatic rings. The maximum Gasteiger partial charge on any atom is 0.263 e. The van der Waals surface area contributed by atoms with Gasteiger partial charge in [-0.3, -0.25) is 9.59 Å². The zero-order valence-corrected chi connectivity index (χ0v) is 20.4. The smallest absolute Gasteiger partial charge is 0.263 e. The molecule has 0 spiro atoms. The molecule has 184 valence electrons. The number of carbonyl (C=O) groups is 1. The number of hydrogen-bond donors (Lipinski definition) is 2. The average Bonchev–Trinajstić information content (AvgIpc) is 3.30. The number of aryl methyl sites for hydroxylation is 1. The maximum atomic E-state index is 13.5. The number of carbonyl (C=O) groups excluding carboxylic acids is 1. The molecule has 1 aliphatic rings. The van der Waals surface area contributed by atoms with E-state index in [0.29, 0.717) is 31.2 Å². The highest BCUT2D eigenvalue weighted by molar-refractivity contribution is 5.97. The Labute approximate surface area is 210 Å². The number of rotatable bonds is 8. The van der Waals surface area contributed by atoms with Crippen LogP contribution in [0.25, 0.3) is 10.9 Å². The highest BCUT2D eigenvalue weighted by atomic mass is 16.5. The number of nitrogens with one attached hydrogen (secondary N) is 1. The number of aromatic nitrogens is 1. The first-order valence-electron chi connectivity index (χ1n) is 12.4. The second kappa shape index (κ2) is 10.3. The van der Waals surface area contributed by atoms with Crippen LogP contribution in [0.1, 0.15) is 33.5 Å². The zero-order valence-electron chi connectivity index (χ0n) is 20.4. The van der Waals surface area contributed by atoms with Gasteiger partial charge in [-0.1, -0.05) is 36.4 Å². The highest BCUT2D eigenvalue weighted by Gasteiger charge is 2.23. The lowest BCUT2D eigenvalue weighted by atomic mass is 10.0. The molecule has 5 rings (SSSR count). The Bertz CT molecular complexity index is 1460. The van der Waals surface area contributed by atoms with E-state index in [9.17, 15) is 14.7 Å². The van der Waals surface area contributed by atoms with Crippen molar-refractivity contribution in [1.82, 2.24) is 9.88 Å². The lowest BCUT2D eigenvalue weighted by Gasteiger charge is -2.15. The van der Waals surface area contributed by atoms with Crippen molar-refractivity contribution in [2.45, 2.75) is 32.2 Å². The number of aromatic hydroxyl groups is 1. The molecule has 0 bridgehead atoms. The standard InChI is InChI=1S/C30H30N2O4/c1-36-26-10-6-20(7-11-26)12-14-31-29(34)27-19-23-4-2-3-5-28(23)32(30(27)35)15-13-21-16-22-8-9-25(33)18-24(22)17-21/h2-11,18-19,21,33H,12-17H2,1H3,(H,31,34). The van der Waals surface area contributed by atoms with E-state index < -0.39 is 0 Å². The van der Waals surface area contributed by atoms with Crippen molar-refractivity contribution in [3.8, 4) is 11.5 Å². The number of ether oxygens (including phenoxy) is 1. The predicted octanol–water partition coefficient (Wildman–Crippen LogP) is 4.49. The van der Waals surface area contributed by atoms with Gasteiger partial charge in [-0.05, 0) is 90.1 Å². The van der Waals surface area contributed by atoms with E-state index in [0.717, 1.165) is 41.5 Å². The average molecular weight is 483 g/mol. The summed E-state index contributed by atoms with van der Waals surface area (Å²) in [7, 11) is 1.63. The fourth-order valence-corrected chi connectivity index (χ4v) is 5.13. The van der Waals surface area contributed by atoms with E-state index in [1.165, 1.54) is 11.1 Å². The van der Waals surface area contributed by atoms with E-state index in [-0.39, 0.29) is 17.0 Å². The molecular weight excluding hydrogens is 452 g/mol. The van der Waals surface area contributed by atoms with Crippen LogP contribution >= 0.6 is 0 Å². The van der Waals surface area contributed by atoms with Crippen LogP contribution in [0, 0.1) is 5.92 Å². The Hall–Kier alpha value is -4.06. The molecule has 0 saturated heterocycles. The number of hydrogen-bond acceptors (Lipinski definition) is 4. The van der Waals surface area contributed by atoms with Gasteiger partial charge in [0.2, 0.25) is 0 Å². The van der Waals surface area contributed by atoms with E-state index >= 15 is 0 Å². The fourth-order valence-electron chi connectivity index (χ4n) is 5.13. The van der Waals surface area contributed by atoms with Gasteiger partial charge in [0.15, 0.2) is 0 Å². The molecule has 1 unspecified atom stereocenters. The van der Waals surface area contributed by atoms with E-state index in [4.69, 9.17) is 4.74 Å². The molecule has 3 aromatic carbocycles. The van der Waals surface area contributed by atoms with Crippen molar-refractivity contribution < 1.29 is 14.6 Å². The maximum absolute atomic E-state index is 13.5. The van der Waals surface area contributed by atoms with Crippen LogP contribution in [-0.4, -0.2) is 29.2 Å². The molecule has 36 heavy (non-hydrogen) atoms. The number of amides is 1. The van der Waals surface area contributed by atoms with Crippen molar-refractivity contribution in [1.29, 1.82) is 0 Å². The lowest BCUT2D eigenvalue weighted by molar-refractivity contribution is 0.0952. The molecule has 1 heterocycles. The van der Waals surface area contributed by atoms with E-state index in [1.54, 1.807) is 23.8 Å². The summed E-state index contributed by atoms with van der Waals surface area (Å²) in [4.78, 5) is 26.5. The number of pyridine rings is 1. The van der Waals surface area contributed by atoms with Crippen LogP contribution in [0.3, 0.4) is 0 Å². The molecule has 1 aromatic heterocycles. The Morgan fingerprint density at radius 3 is 2.61 bits per heavy atom. The van der Waals surface area contributed by atoms with Gasteiger partial charge in [0.05, 0.1) is 12.6 Å². The molecule has 1 amide bonds. The van der Waals surface area contributed by atoms with Gasteiger partial charge in [0, 0.05) is 13.1 Å². The summed E-state index contributed by atoms with van der Waals surface area (Å²) < 4.78 is 6.93. The predicted molar refractivity (Wildman–Crippen MR) is 141 cm³/mol. The summed E-state index contributed by atoms with van der Waals surface area (Å²) in [6.45, 7) is 0.974. The topological polar surface area (TPSA) is 80.6 Å². The molecule has 0 aliphatic heterocycles. The number of phenolic OH excluding ortho intramolecular Hbond substituents is 1. The molecule has 1 aliphatic carbocycles. The number of phenols is 1. The van der Waals surface area contributed by atoms with Gasteiger partial charge >= 0.3 is 0 Å². The summed E-state index contributed by atoms with van der Waals surface area (Å²) in [6, 6.07) is 22.7. The summed E-state index contributed by atoms with van der Waals surface area (Å²) in [5.41, 5.74) is 4.28. The van der Waals surface area contributed by atoms with Crippen LogP contribution in [-0.2, 0) is 25.8 Å². The van der Waals surface area contributed by atoms with Gasteiger partial charge in [0.25, 0.3) is 11.5 Å². The first-order chi connectivity index (χ1) is 17.5. The van der Waals surface area contributed by atoms with Crippen LogP contribution in [0.2, 0.25) is 0 Å². The van der Waals surface area contributed by atoms with Gasteiger partial charge in [-0.15, -0.1) is 0 Å². The van der Waals surface area contributed by atoms with Gasteiger partial charge in [0.1, 0.15) is 17.1 Å². The molecule has 0 radical (unpaired) electrons. The SMILES string of the molecule is COc1ccc(CCNC(=O)c2cc3ccccc3n(CCC3Cc4ccc(O)cc4C3)c2=O)cc1. The number of fused-ring (bicyclic) bond motifs is 2. The third kappa shape index (κ3) is 4.98. The Balaban J connectivity index is 1.30. The van der Waals surface area contributed by atoms with Crippen molar-refractivity contribution in [3.05, 3.63) is 105 Å². The minimum absolute atomic E-state index is 0.170. The highest BCUT2D eigenvalue weighted by Crippen LogP contribution is 2.31. The first kappa shape index (κ1) is 23.7. The molecule has 6 nitrogen and oxygen atoms in total. The number of para-hydroxylation sites is 1. The molecule has 0 fully saturated rings. The largest absolute Gasteiger partial charge is 0.508 e. The summed E-state index contributed by atoms with van der Waals surface area (Å²) in [5.74, 6) is 1.13. The van der Waals surface area contributed by atoms with Crippen LogP contribution in [0.4, 0.5) is 0 Å². The molecule has 2 N–H and O–H groups in total. The third-order valence-corrected chi connectivity index (χ3v) is 7.07. The van der Waals surface area contributed by atoms with Crippen molar-refractivity contribution in [3.63, 3.8) is 0 Å². The molecular formula is C30H30N2O4. The second-order valence-corrected chi connectivity index (χ2v) is 9.44. The van der Waals surface area contributed by atoms with Crippen LogP contribution in [0.5, 0.6) is 11.5 Å². The van der Waals surface area contributed by atoms with Crippen molar-refractivity contribution in [2.24, 2.45) is 5.92 Å². The van der Waals surface area contributed by atoms with Gasteiger partial charge in [-0.25, -0.2) is 0 Å². The first-order valence-corrected chi connectivity index (χ1v) is 12.4. The number of benzene rings is 3. The zero-order chi connectivity index (χ0) is 25.1. The summed E-state index contributed by atoms with van der Waals surface area (Å²) >= 11 is 0. The Morgan fingerprint density at radius 2 is 1.81 bits per heavy atom.